The molecule has 0 fully saturated rings. The summed E-state index contributed by atoms with van der Waals surface area (Å²) in [4.78, 5) is 8.16. The van der Waals surface area contributed by atoms with E-state index in [4.69, 9.17) is 4.89 Å². The zero-order valence-corrected chi connectivity index (χ0v) is 9.73. The Hall–Kier alpha value is -0.910. The summed E-state index contributed by atoms with van der Waals surface area (Å²) in [6.45, 7) is 0. The highest BCUT2D eigenvalue weighted by Crippen LogP contribution is 2.72. The van der Waals surface area contributed by atoms with Crippen molar-refractivity contribution in [3.05, 3.63) is 11.6 Å². The lowest BCUT2D eigenvalue weighted by Gasteiger charge is -2.34. The van der Waals surface area contributed by atoms with E-state index in [9.17, 15) is 57.3 Å². The van der Waals surface area contributed by atoms with Crippen LogP contribution in [0.4, 0.5) is 52.7 Å². The summed E-state index contributed by atoms with van der Waals surface area (Å²) in [6.07, 6.45) is -11.4. The Kier molecular flexibility index (Phi) is 4.85. The van der Waals surface area contributed by atoms with Crippen molar-refractivity contribution in [1.82, 2.24) is 0 Å². The fourth-order valence-corrected chi connectivity index (χ4v) is 1.79. The Bertz CT molecular complexity index is 486. The van der Waals surface area contributed by atoms with Crippen LogP contribution in [0.25, 0.3) is 0 Å². The molecule has 0 aliphatic heterocycles. The standard InChI is InChI=1S/C6HF12O2P/c7-1(8)2(9)21(19,20)6(17,18)4(12,13)3(10,11)5(14,15)16/h(H,19,20). The molecule has 0 rings (SSSR count). The normalized spacial score (nSPS) is 17.4. The number of hydrogen-bond donors (Lipinski definition) is 1. The summed E-state index contributed by atoms with van der Waals surface area (Å²) >= 11 is 0. The quantitative estimate of drug-likeness (QED) is 0.579. The van der Waals surface area contributed by atoms with E-state index in [-0.39, 0.29) is 0 Å². The van der Waals surface area contributed by atoms with Gasteiger partial charge in [0.2, 0.25) is 0 Å². The third-order valence-corrected chi connectivity index (χ3v) is 3.67. The predicted molar refractivity (Wildman–Crippen MR) is 41.1 cm³/mol. The topological polar surface area (TPSA) is 37.3 Å². The summed E-state index contributed by atoms with van der Waals surface area (Å²) in [6, 6.07) is 0. The smallest absolute Gasteiger partial charge is 0.335 e. The second kappa shape index (κ2) is 5.07. The molecule has 0 saturated carbocycles. The van der Waals surface area contributed by atoms with Crippen molar-refractivity contribution in [2.75, 3.05) is 0 Å². The maximum absolute atomic E-state index is 12.8. The third-order valence-electron chi connectivity index (χ3n) is 1.93. The maximum Gasteiger partial charge on any atom is 0.460 e. The summed E-state index contributed by atoms with van der Waals surface area (Å²) in [5.41, 5.74) is -11.5. The first kappa shape index (κ1) is 20.1. The molecule has 1 atom stereocenters. The van der Waals surface area contributed by atoms with Gasteiger partial charge >= 0.3 is 37.1 Å². The van der Waals surface area contributed by atoms with Crippen molar-refractivity contribution in [3.63, 3.8) is 0 Å². The average Bonchev–Trinajstić information content (AvgIpc) is 2.25. The van der Waals surface area contributed by atoms with Gasteiger partial charge in [0, 0.05) is 0 Å². The van der Waals surface area contributed by atoms with E-state index in [0.717, 1.165) is 0 Å². The van der Waals surface area contributed by atoms with Crippen LogP contribution in [-0.4, -0.2) is 28.6 Å². The van der Waals surface area contributed by atoms with Crippen molar-refractivity contribution in [2.24, 2.45) is 0 Å². The Morgan fingerprint density at radius 2 is 1.10 bits per heavy atom. The molecule has 2 nitrogen and oxygen atoms in total. The highest BCUT2D eigenvalue weighted by molar-refractivity contribution is 7.63. The highest BCUT2D eigenvalue weighted by atomic mass is 31.2. The van der Waals surface area contributed by atoms with Gasteiger partial charge < -0.3 is 4.89 Å². The molecule has 15 heteroatoms. The molecule has 0 aromatic carbocycles. The Labute approximate surface area is 106 Å². The van der Waals surface area contributed by atoms with Crippen molar-refractivity contribution < 1.29 is 62.1 Å². The third kappa shape index (κ3) is 2.74. The number of halogens is 12. The van der Waals surface area contributed by atoms with E-state index in [2.05, 4.69) is 0 Å². The second-order valence-electron chi connectivity index (χ2n) is 3.32. The minimum Gasteiger partial charge on any atom is -0.335 e. The van der Waals surface area contributed by atoms with E-state index >= 15 is 0 Å². The van der Waals surface area contributed by atoms with Crippen molar-refractivity contribution in [3.8, 4) is 0 Å². The van der Waals surface area contributed by atoms with Crippen molar-refractivity contribution in [1.29, 1.82) is 0 Å². The van der Waals surface area contributed by atoms with E-state index in [1.54, 1.807) is 0 Å². The van der Waals surface area contributed by atoms with Crippen molar-refractivity contribution in [2.45, 2.75) is 23.7 Å². The summed E-state index contributed by atoms with van der Waals surface area (Å²) in [5, 5.41) is 0. The lowest BCUT2D eigenvalue weighted by atomic mass is 10.1. The van der Waals surface area contributed by atoms with Crippen LogP contribution in [-0.2, 0) is 4.57 Å². The van der Waals surface area contributed by atoms with Crippen molar-refractivity contribution >= 4 is 7.37 Å². The van der Waals surface area contributed by atoms with Crippen LogP contribution in [0.2, 0.25) is 0 Å². The summed E-state index contributed by atoms with van der Waals surface area (Å²) < 4.78 is 156. The first-order valence-electron chi connectivity index (χ1n) is 4.10. The first-order valence-corrected chi connectivity index (χ1v) is 5.76. The molecule has 0 saturated heterocycles. The fourth-order valence-electron chi connectivity index (χ4n) is 0.795. The molecule has 0 spiro atoms. The molecule has 0 amide bonds. The van der Waals surface area contributed by atoms with Crippen LogP contribution in [0.1, 0.15) is 0 Å². The molecule has 0 aliphatic rings. The minimum absolute atomic E-state index is 4.06. The van der Waals surface area contributed by atoms with Crippen LogP contribution in [0.15, 0.2) is 11.6 Å². The van der Waals surface area contributed by atoms with E-state index < -0.39 is 42.7 Å². The van der Waals surface area contributed by atoms with Gasteiger partial charge in [-0.15, -0.1) is 0 Å². The van der Waals surface area contributed by atoms with Crippen LogP contribution < -0.4 is 0 Å². The van der Waals surface area contributed by atoms with Gasteiger partial charge in [0.05, 0.1) is 0 Å². The monoisotopic (exact) mass is 364 g/mol. The van der Waals surface area contributed by atoms with Crippen LogP contribution in [0.5, 0.6) is 0 Å². The van der Waals surface area contributed by atoms with E-state index in [0.29, 0.717) is 0 Å². The first-order chi connectivity index (χ1) is 8.85. The van der Waals surface area contributed by atoms with Gasteiger partial charge in [0.1, 0.15) is 0 Å². The molecule has 1 N–H and O–H groups in total. The molecule has 0 aromatic rings. The summed E-state index contributed by atoms with van der Waals surface area (Å²) in [7, 11) is -7.93. The SMILES string of the molecule is O=P(O)(C(F)=C(F)F)C(F)(F)C(F)(F)C(F)(F)C(F)(F)F. The van der Waals surface area contributed by atoms with Gasteiger partial charge in [-0.1, -0.05) is 0 Å². The highest BCUT2D eigenvalue weighted by Gasteiger charge is 2.86. The van der Waals surface area contributed by atoms with Gasteiger partial charge in [0.25, 0.3) is 5.57 Å². The van der Waals surface area contributed by atoms with Gasteiger partial charge in [0.15, 0.2) is 0 Å². The number of alkyl halides is 9. The summed E-state index contributed by atoms with van der Waals surface area (Å²) in [5.74, 6) is -15.3. The van der Waals surface area contributed by atoms with E-state index in [1.165, 1.54) is 0 Å². The van der Waals surface area contributed by atoms with Gasteiger partial charge in [-0.2, -0.15) is 52.7 Å². The van der Waals surface area contributed by atoms with Crippen LogP contribution in [0.3, 0.4) is 0 Å². The van der Waals surface area contributed by atoms with Gasteiger partial charge in [-0.05, 0) is 0 Å². The van der Waals surface area contributed by atoms with Crippen LogP contribution >= 0.6 is 7.37 Å². The maximum atomic E-state index is 12.8. The molecular formula is C6HF12O2P. The fraction of sp³-hybridized carbons (Fsp3) is 0.667. The second-order valence-corrected chi connectivity index (χ2v) is 5.42. The average molecular weight is 364 g/mol. The Balaban J connectivity index is 6.28. The molecular weight excluding hydrogens is 363 g/mol. The lowest BCUT2D eigenvalue weighted by Crippen LogP contribution is -2.60. The zero-order valence-electron chi connectivity index (χ0n) is 8.84. The van der Waals surface area contributed by atoms with E-state index in [1.807, 2.05) is 0 Å². The lowest BCUT2D eigenvalue weighted by molar-refractivity contribution is -0.383. The molecule has 0 heterocycles. The molecule has 21 heavy (non-hydrogen) atoms. The molecule has 0 aliphatic carbocycles. The number of hydrogen-bond acceptors (Lipinski definition) is 1. The molecule has 0 bridgehead atoms. The Morgan fingerprint density at radius 1 is 0.762 bits per heavy atom. The van der Waals surface area contributed by atoms with Gasteiger partial charge in [-0.25, -0.2) is 0 Å². The molecule has 126 valence electrons. The zero-order chi connectivity index (χ0) is 17.7. The largest absolute Gasteiger partial charge is 0.460 e. The predicted octanol–water partition coefficient (Wildman–Crippen LogP) is 4.72. The molecule has 0 aromatic heterocycles. The minimum atomic E-state index is -7.93. The molecule has 1 unspecified atom stereocenters. The Morgan fingerprint density at radius 3 is 1.33 bits per heavy atom. The molecule has 0 radical (unpaired) electrons. The van der Waals surface area contributed by atoms with Crippen LogP contribution in [0, 0.1) is 0 Å². The number of rotatable bonds is 4. The van der Waals surface area contributed by atoms with Gasteiger partial charge in [-0.3, -0.25) is 4.57 Å².